The third kappa shape index (κ3) is 6.77. The van der Waals surface area contributed by atoms with Crippen LogP contribution in [0.5, 0.6) is 0 Å². The maximum atomic E-state index is 4.67. The zero-order valence-corrected chi connectivity index (χ0v) is 18.6. The molecule has 0 unspecified atom stereocenters. The Morgan fingerprint density at radius 3 is 2.64 bits per heavy atom. The topological polar surface area (TPSA) is 65.4 Å². The highest BCUT2D eigenvalue weighted by Crippen LogP contribution is 2.16. The molecule has 6 nitrogen and oxygen atoms in total. The first-order valence-corrected chi connectivity index (χ1v) is 8.88. The summed E-state index contributed by atoms with van der Waals surface area (Å²) in [5.74, 6) is 1.75. The highest BCUT2D eigenvalue weighted by atomic mass is 127. The maximum Gasteiger partial charge on any atom is 0.191 e. The van der Waals surface area contributed by atoms with Gasteiger partial charge in [-0.2, -0.15) is 0 Å². The molecule has 0 atom stereocenters. The predicted octanol–water partition coefficient (Wildman–Crippen LogP) is 3.09. The van der Waals surface area contributed by atoms with Gasteiger partial charge in [-0.25, -0.2) is 15.0 Å². The molecule has 0 aliphatic carbocycles. The van der Waals surface area contributed by atoms with Crippen LogP contribution in [0.25, 0.3) is 0 Å². The summed E-state index contributed by atoms with van der Waals surface area (Å²) in [6, 6.07) is 4.06. The molecule has 0 amide bonds. The number of halogens is 1. The first-order valence-electron chi connectivity index (χ1n) is 8.07. The molecule has 2 rings (SSSR count). The lowest BCUT2D eigenvalue weighted by Crippen LogP contribution is -2.36. The summed E-state index contributed by atoms with van der Waals surface area (Å²) < 4.78 is 0. The second kappa shape index (κ2) is 10.5. The summed E-state index contributed by atoms with van der Waals surface area (Å²) in [6.07, 6.45) is 1.82. The van der Waals surface area contributed by atoms with E-state index in [1.54, 1.807) is 11.3 Å². The van der Waals surface area contributed by atoms with Gasteiger partial charge in [0, 0.05) is 31.7 Å². The number of rotatable bonds is 6. The van der Waals surface area contributed by atoms with Crippen LogP contribution in [-0.4, -0.2) is 36.6 Å². The largest absolute Gasteiger partial charge is 0.363 e. The van der Waals surface area contributed by atoms with E-state index in [1.807, 2.05) is 45.1 Å². The van der Waals surface area contributed by atoms with Crippen molar-refractivity contribution in [3.63, 3.8) is 0 Å². The predicted molar refractivity (Wildman–Crippen MR) is 117 cm³/mol. The van der Waals surface area contributed by atoms with Gasteiger partial charge in [-0.05, 0) is 38.5 Å². The van der Waals surface area contributed by atoms with Crippen molar-refractivity contribution in [2.45, 2.75) is 33.9 Å². The van der Waals surface area contributed by atoms with Gasteiger partial charge in [0.1, 0.15) is 5.82 Å². The Morgan fingerprint density at radius 2 is 2.04 bits per heavy atom. The lowest BCUT2D eigenvalue weighted by atomic mass is 10.2. The molecule has 0 saturated heterocycles. The van der Waals surface area contributed by atoms with Gasteiger partial charge in [0.2, 0.25) is 0 Å². The lowest BCUT2D eigenvalue weighted by molar-refractivity contribution is 0.818. The Labute approximate surface area is 171 Å². The molecular formula is C17H27IN6S. The molecular weight excluding hydrogens is 447 g/mol. The number of thiazole rings is 1. The number of guanidine groups is 1. The van der Waals surface area contributed by atoms with Gasteiger partial charge in [0.05, 0.1) is 23.8 Å². The summed E-state index contributed by atoms with van der Waals surface area (Å²) in [6.45, 7) is 8.32. The monoisotopic (exact) mass is 474 g/mol. The van der Waals surface area contributed by atoms with Crippen LogP contribution >= 0.6 is 35.3 Å². The molecule has 25 heavy (non-hydrogen) atoms. The number of pyridine rings is 1. The van der Waals surface area contributed by atoms with E-state index in [1.165, 1.54) is 4.88 Å². The zero-order chi connectivity index (χ0) is 17.5. The van der Waals surface area contributed by atoms with Gasteiger partial charge in [-0.3, -0.25) is 0 Å². The molecule has 0 saturated carbocycles. The second-order valence-electron chi connectivity index (χ2n) is 5.71. The number of nitrogens with zero attached hydrogens (tertiary/aromatic N) is 4. The van der Waals surface area contributed by atoms with Crippen molar-refractivity contribution in [3.8, 4) is 0 Å². The normalized spacial score (nSPS) is 11.0. The number of hydrogen-bond donors (Lipinski definition) is 2. The zero-order valence-electron chi connectivity index (χ0n) is 15.5. The summed E-state index contributed by atoms with van der Waals surface area (Å²) in [4.78, 5) is 16.7. The van der Waals surface area contributed by atoms with Crippen molar-refractivity contribution >= 4 is 47.1 Å². The molecule has 0 radical (unpaired) electrons. The van der Waals surface area contributed by atoms with E-state index >= 15 is 0 Å². The van der Waals surface area contributed by atoms with Crippen LogP contribution in [0.4, 0.5) is 5.82 Å². The molecule has 2 heterocycles. The van der Waals surface area contributed by atoms with Crippen LogP contribution in [0.15, 0.2) is 23.3 Å². The number of nitrogens with one attached hydrogen (secondary N) is 2. The lowest BCUT2D eigenvalue weighted by Gasteiger charge is -2.13. The van der Waals surface area contributed by atoms with Crippen molar-refractivity contribution in [1.29, 1.82) is 0 Å². The Hall–Kier alpha value is -1.42. The van der Waals surface area contributed by atoms with Crippen LogP contribution in [0.1, 0.15) is 28.1 Å². The summed E-state index contributed by atoms with van der Waals surface area (Å²) in [5, 5.41) is 7.76. The average Bonchev–Trinajstić information content (AvgIpc) is 2.88. The molecule has 0 aromatic carbocycles. The third-order valence-electron chi connectivity index (χ3n) is 3.45. The maximum absolute atomic E-state index is 4.67. The standard InChI is InChI=1S/C17H26N6S.HI/c1-6-18-17(21-11-15-12(2)22-13(3)24-15)20-10-14-7-8-19-16(9-14)23(4)5;/h7-9H,6,10-11H2,1-5H3,(H2,18,20,21);1H. The number of hydrogen-bond acceptors (Lipinski definition) is 5. The number of aliphatic imine (C=N–C) groups is 1. The van der Waals surface area contributed by atoms with Crippen LogP contribution in [0.3, 0.4) is 0 Å². The molecule has 0 fully saturated rings. The van der Waals surface area contributed by atoms with E-state index < -0.39 is 0 Å². The van der Waals surface area contributed by atoms with E-state index in [9.17, 15) is 0 Å². The van der Waals surface area contributed by atoms with Gasteiger partial charge in [0.25, 0.3) is 0 Å². The van der Waals surface area contributed by atoms with Gasteiger partial charge in [0.15, 0.2) is 5.96 Å². The van der Waals surface area contributed by atoms with E-state index in [4.69, 9.17) is 0 Å². The molecule has 2 N–H and O–H groups in total. The summed E-state index contributed by atoms with van der Waals surface area (Å²) in [7, 11) is 3.97. The smallest absolute Gasteiger partial charge is 0.191 e. The Bertz CT molecular complexity index is 698. The number of aryl methyl sites for hydroxylation is 2. The van der Waals surface area contributed by atoms with Crippen molar-refractivity contribution in [3.05, 3.63) is 39.5 Å². The minimum absolute atomic E-state index is 0. The molecule has 0 aliphatic heterocycles. The van der Waals surface area contributed by atoms with Gasteiger partial charge in [-0.1, -0.05) is 0 Å². The first kappa shape index (κ1) is 21.6. The van der Waals surface area contributed by atoms with Crippen LogP contribution in [-0.2, 0) is 13.1 Å². The van der Waals surface area contributed by atoms with Crippen LogP contribution < -0.4 is 15.5 Å². The van der Waals surface area contributed by atoms with E-state index in [0.717, 1.165) is 41.1 Å². The molecule has 138 valence electrons. The Kier molecular flexibility index (Phi) is 9.12. The molecule has 0 aliphatic rings. The highest BCUT2D eigenvalue weighted by molar-refractivity contribution is 14.0. The number of anilines is 1. The van der Waals surface area contributed by atoms with E-state index in [0.29, 0.717) is 6.54 Å². The van der Waals surface area contributed by atoms with Crippen molar-refractivity contribution in [2.75, 3.05) is 25.5 Å². The second-order valence-corrected chi connectivity index (χ2v) is 6.99. The SMILES string of the molecule is CCNC(=NCc1ccnc(N(C)C)c1)NCc1sc(C)nc1C.I. The summed E-state index contributed by atoms with van der Waals surface area (Å²) >= 11 is 1.72. The number of aromatic nitrogens is 2. The third-order valence-corrected chi connectivity index (χ3v) is 4.52. The van der Waals surface area contributed by atoms with Crippen molar-refractivity contribution in [1.82, 2.24) is 20.6 Å². The van der Waals surface area contributed by atoms with E-state index in [-0.39, 0.29) is 24.0 Å². The van der Waals surface area contributed by atoms with Gasteiger partial charge >= 0.3 is 0 Å². The Balaban J connectivity index is 0.00000312. The van der Waals surface area contributed by atoms with Crippen LogP contribution in [0.2, 0.25) is 0 Å². The fourth-order valence-corrected chi connectivity index (χ4v) is 3.09. The van der Waals surface area contributed by atoms with E-state index in [2.05, 4.69) is 38.6 Å². The van der Waals surface area contributed by atoms with Gasteiger partial charge in [-0.15, -0.1) is 35.3 Å². The molecule has 0 bridgehead atoms. The quantitative estimate of drug-likeness (QED) is 0.383. The fraction of sp³-hybridized carbons (Fsp3) is 0.471. The van der Waals surface area contributed by atoms with Gasteiger partial charge < -0.3 is 15.5 Å². The first-order chi connectivity index (χ1) is 11.5. The Morgan fingerprint density at radius 1 is 1.28 bits per heavy atom. The minimum Gasteiger partial charge on any atom is -0.363 e. The minimum atomic E-state index is 0. The summed E-state index contributed by atoms with van der Waals surface area (Å²) in [5.41, 5.74) is 2.22. The van der Waals surface area contributed by atoms with Crippen molar-refractivity contribution in [2.24, 2.45) is 4.99 Å². The van der Waals surface area contributed by atoms with Crippen LogP contribution in [0, 0.1) is 13.8 Å². The average molecular weight is 474 g/mol. The highest BCUT2D eigenvalue weighted by Gasteiger charge is 2.06. The molecule has 2 aromatic heterocycles. The van der Waals surface area contributed by atoms with Crippen molar-refractivity contribution < 1.29 is 0 Å². The molecule has 0 spiro atoms. The molecule has 8 heteroatoms. The fourth-order valence-electron chi connectivity index (χ4n) is 2.22. The molecule has 2 aromatic rings.